The van der Waals surface area contributed by atoms with Gasteiger partial charge in [-0.1, -0.05) is 30.2 Å². The Morgan fingerprint density at radius 3 is 2.77 bits per heavy atom. The molecule has 1 heterocycles. The normalized spacial score (nSPS) is 19.5. The molecule has 1 aliphatic rings. The number of halogens is 1. The average Bonchev–Trinajstić information content (AvgIpc) is 3.18. The van der Waals surface area contributed by atoms with Gasteiger partial charge in [-0.3, -0.25) is 4.68 Å². The van der Waals surface area contributed by atoms with Gasteiger partial charge in [0.05, 0.1) is 30.7 Å². The van der Waals surface area contributed by atoms with E-state index >= 15 is 0 Å². The predicted octanol–water partition coefficient (Wildman–Crippen LogP) is 4.31. The van der Waals surface area contributed by atoms with Gasteiger partial charge in [0, 0.05) is 29.6 Å². The minimum Gasteiger partial charge on any atom is -0.494 e. The van der Waals surface area contributed by atoms with Crippen molar-refractivity contribution < 1.29 is 9.84 Å². The minimum absolute atomic E-state index is 0.137. The van der Waals surface area contributed by atoms with Crippen molar-refractivity contribution in [1.29, 1.82) is 0 Å². The van der Waals surface area contributed by atoms with Crippen LogP contribution < -0.4 is 21.5 Å². The zero-order chi connectivity index (χ0) is 22.4. The van der Waals surface area contributed by atoms with Crippen LogP contribution in [0.1, 0.15) is 45.1 Å². The molecule has 0 spiro atoms. The first kappa shape index (κ1) is 23.0. The molecule has 0 aliphatic heterocycles. The number of methoxy groups -OCH3 is 1. The van der Waals surface area contributed by atoms with Gasteiger partial charge in [0.15, 0.2) is 0 Å². The Kier molecular flexibility index (Phi) is 7.87. The van der Waals surface area contributed by atoms with Gasteiger partial charge < -0.3 is 26.6 Å². The molecule has 2 aromatic rings. The average molecular weight is 446 g/mol. The highest BCUT2D eigenvalue weighted by molar-refractivity contribution is 6.29. The zero-order valence-corrected chi connectivity index (χ0v) is 18.9. The molecule has 2 atom stereocenters. The SMILES string of the molecule is COc1c(N/C(C=C(N)Cl)=C(\C)N)cccc1-c1cnn([C@@H]2CC[C@@H]2CCCCO)c1. The van der Waals surface area contributed by atoms with Gasteiger partial charge in [-0.2, -0.15) is 5.10 Å². The summed E-state index contributed by atoms with van der Waals surface area (Å²) in [5.41, 5.74) is 15.4. The van der Waals surface area contributed by atoms with Crippen LogP contribution in [0.3, 0.4) is 0 Å². The van der Waals surface area contributed by atoms with E-state index in [-0.39, 0.29) is 11.8 Å². The van der Waals surface area contributed by atoms with Crippen molar-refractivity contribution in [2.24, 2.45) is 17.4 Å². The van der Waals surface area contributed by atoms with Crippen LogP contribution >= 0.6 is 11.6 Å². The number of nitrogens with two attached hydrogens (primary N) is 2. The van der Waals surface area contributed by atoms with Gasteiger partial charge in [-0.05, 0) is 50.7 Å². The topological polar surface area (TPSA) is 111 Å². The summed E-state index contributed by atoms with van der Waals surface area (Å²) in [6.07, 6.45) is 11.0. The summed E-state index contributed by atoms with van der Waals surface area (Å²) < 4.78 is 7.82. The molecule has 0 saturated heterocycles. The molecule has 1 aromatic heterocycles. The fraction of sp³-hybridized carbons (Fsp3) is 0.435. The van der Waals surface area contributed by atoms with Crippen LogP contribution in [0.15, 0.2) is 53.2 Å². The maximum absolute atomic E-state index is 9.02. The number of hydrogen-bond acceptors (Lipinski definition) is 6. The Labute approximate surface area is 188 Å². The summed E-state index contributed by atoms with van der Waals surface area (Å²) in [7, 11) is 1.64. The number of aromatic nitrogens is 2. The maximum Gasteiger partial charge on any atom is 0.150 e. The smallest absolute Gasteiger partial charge is 0.150 e. The number of unbranched alkanes of at least 4 members (excludes halogenated alkanes) is 1. The van der Waals surface area contributed by atoms with Gasteiger partial charge in [0.1, 0.15) is 10.9 Å². The third-order valence-corrected chi connectivity index (χ3v) is 5.92. The molecule has 31 heavy (non-hydrogen) atoms. The highest BCUT2D eigenvalue weighted by Gasteiger charge is 2.32. The van der Waals surface area contributed by atoms with E-state index in [0.29, 0.717) is 29.1 Å². The molecule has 168 valence electrons. The van der Waals surface area contributed by atoms with E-state index in [9.17, 15) is 0 Å². The van der Waals surface area contributed by atoms with Gasteiger partial charge in [0.25, 0.3) is 0 Å². The molecule has 1 aromatic carbocycles. The number of para-hydroxylation sites is 1. The van der Waals surface area contributed by atoms with E-state index in [0.717, 1.165) is 42.5 Å². The number of anilines is 1. The second kappa shape index (κ2) is 10.6. The van der Waals surface area contributed by atoms with E-state index in [4.69, 9.17) is 32.9 Å². The standard InChI is InChI=1S/C23H32ClN5O2/c1-15(25)20(12-22(24)26)28-19-8-5-7-18(23(19)31-2)17-13-27-29(14-17)21-10-9-16(21)6-3-4-11-30/h5,7-8,12-14,16,21,28,30H,3-4,6,9-11,25-26H2,1-2H3/b20-15+,22-12?/t16-,21+/m0/s1. The van der Waals surface area contributed by atoms with Gasteiger partial charge in [0.2, 0.25) is 0 Å². The van der Waals surface area contributed by atoms with Crippen molar-refractivity contribution in [3.05, 3.63) is 53.2 Å². The summed E-state index contributed by atoms with van der Waals surface area (Å²) in [6, 6.07) is 6.30. The second-order valence-electron chi connectivity index (χ2n) is 7.97. The van der Waals surface area contributed by atoms with E-state index in [1.807, 2.05) is 24.4 Å². The molecule has 6 N–H and O–H groups in total. The van der Waals surface area contributed by atoms with E-state index in [2.05, 4.69) is 21.3 Å². The third kappa shape index (κ3) is 5.54. The third-order valence-electron chi connectivity index (χ3n) is 5.81. The number of nitrogens with zero attached hydrogens (tertiary/aromatic N) is 2. The number of aliphatic hydroxyl groups is 1. The first-order valence-electron chi connectivity index (χ1n) is 10.6. The summed E-state index contributed by atoms with van der Waals surface area (Å²) in [5.74, 6) is 1.32. The Morgan fingerprint density at radius 1 is 1.35 bits per heavy atom. The lowest BCUT2D eigenvalue weighted by atomic mass is 9.76. The van der Waals surface area contributed by atoms with Crippen LogP contribution in [0.4, 0.5) is 5.69 Å². The lowest BCUT2D eigenvalue weighted by molar-refractivity contribution is 0.149. The lowest BCUT2D eigenvalue weighted by Crippen LogP contribution is -2.29. The molecule has 8 heteroatoms. The van der Waals surface area contributed by atoms with Gasteiger partial charge >= 0.3 is 0 Å². The summed E-state index contributed by atoms with van der Waals surface area (Å²) in [5, 5.41) is 17.1. The number of hydrogen-bond donors (Lipinski definition) is 4. The molecule has 0 unspecified atom stereocenters. The molecular formula is C23H32ClN5O2. The number of nitrogens with one attached hydrogen (secondary N) is 1. The monoisotopic (exact) mass is 445 g/mol. The number of aliphatic hydroxyl groups excluding tert-OH is 1. The van der Waals surface area contributed by atoms with Crippen molar-refractivity contribution in [1.82, 2.24) is 9.78 Å². The van der Waals surface area contributed by atoms with Crippen molar-refractivity contribution in [3.8, 4) is 16.9 Å². The zero-order valence-electron chi connectivity index (χ0n) is 18.1. The van der Waals surface area contributed by atoms with Crippen molar-refractivity contribution in [2.45, 2.75) is 45.1 Å². The Morgan fingerprint density at radius 2 is 2.16 bits per heavy atom. The summed E-state index contributed by atoms with van der Waals surface area (Å²) >= 11 is 5.84. The van der Waals surface area contributed by atoms with Crippen LogP contribution in [-0.2, 0) is 0 Å². The van der Waals surface area contributed by atoms with E-state index < -0.39 is 0 Å². The van der Waals surface area contributed by atoms with Crippen LogP contribution in [0.2, 0.25) is 0 Å². The molecule has 0 amide bonds. The summed E-state index contributed by atoms with van der Waals surface area (Å²) in [6.45, 7) is 2.04. The van der Waals surface area contributed by atoms with Gasteiger partial charge in [-0.15, -0.1) is 0 Å². The summed E-state index contributed by atoms with van der Waals surface area (Å²) in [4.78, 5) is 0. The first-order chi connectivity index (χ1) is 14.9. The van der Waals surface area contributed by atoms with Gasteiger partial charge in [-0.25, -0.2) is 0 Å². The first-order valence-corrected chi connectivity index (χ1v) is 11.0. The molecule has 3 rings (SSSR count). The highest BCUT2D eigenvalue weighted by Crippen LogP contribution is 2.43. The van der Waals surface area contributed by atoms with Crippen molar-refractivity contribution in [3.63, 3.8) is 0 Å². The Hall–Kier alpha value is -2.64. The number of rotatable bonds is 10. The quantitative estimate of drug-likeness (QED) is 0.246. The van der Waals surface area contributed by atoms with Crippen molar-refractivity contribution >= 4 is 17.3 Å². The van der Waals surface area contributed by atoms with Crippen LogP contribution in [0.25, 0.3) is 11.1 Å². The molecule has 1 saturated carbocycles. The Balaban J connectivity index is 1.84. The van der Waals surface area contributed by atoms with Crippen LogP contribution in [0, 0.1) is 5.92 Å². The molecular weight excluding hydrogens is 414 g/mol. The number of benzene rings is 1. The van der Waals surface area contributed by atoms with E-state index in [1.54, 1.807) is 20.1 Å². The van der Waals surface area contributed by atoms with E-state index in [1.165, 1.54) is 6.42 Å². The Bertz CT molecular complexity index is 945. The van der Waals surface area contributed by atoms with Crippen molar-refractivity contribution in [2.75, 3.05) is 19.0 Å². The fourth-order valence-corrected chi connectivity index (χ4v) is 4.14. The van der Waals surface area contributed by atoms with Crippen LogP contribution in [-0.4, -0.2) is 28.6 Å². The molecule has 1 fully saturated rings. The van der Waals surface area contributed by atoms with Crippen LogP contribution in [0.5, 0.6) is 5.75 Å². The number of ether oxygens (including phenoxy) is 1. The lowest BCUT2D eigenvalue weighted by Gasteiger charge is -2.36. The largest absolute Gasteiger partial charge is 0.494 e. The maximum atomic E-state index is 9.02. The minimum atomic E-state index is 0.137. The molecule has 7 nitrogen and oxygen atoms in total. The second-order valence-corrected chi connectivity index (χ2v) is 8.41. The molecule has 1 aliphatic carbocycles. The number of allylic oxidation sites excluding steroid dienone is 2. The highest BCUT2D eigenvalue weighted by atomic mass is 35.5. The fourth-order valence-electron chi connectivity index (χ4n) is 4.03. The molecule has 0 bridgehead atoms. The molecule has 0 radical (unpaired) electrons. The predicted molar refractivity (Wildman–Crippen MR) is 126 cm³/mol.